The Kier molecular flexibility index (Phi) is 9.14. The molecule has 4 aliphatic rings. The fraction of sp³-hybridized carbons (Fsp3) is 0.457. The number of piperidine rings is 1. The highest BCUT2D eigenvalue weighted by atomic mass is 16.7. The van der Waals surface area contributed by atoms with Crippen molar-refractivity contribution in [3.63, 3.8) is 0 Å². The first-order valence-electron chi connectivity index (χ1n) is 16.5. The summed E-state index contributed by atoms with van der Waals surface area (Å²) >= 11 is 0. The molecule has 4 aliphatic heterocycles. The number of nitrogens with one attached hydrogen (secondary N) is 3. The Hall–Kier alpha value is -4.39. The van der Waals surface area contributed by atoms with Gasteiger partial charge in [0.15, 0.2) is 23.3 Å². The number of methoxy groups -OCH3 is 1. The maximum atomic E-state index is 12.6. The molecule has 4 heterocycles. The Bertz CT molecular complexity index is 1810. The molecule has 0 saturated carbocycles. The molecule has 2 saturated heterocycles. The summed E-state index contributed by atoms with van der Waals surface area (Å²) in [6, 6.07) is 12.3. The summed E-state index contributed by atoms with van der Waals surface area (Å²) < 4.78 is 36.6. The largest absolute Gasteiger partial charge is 0.508 e. The molecule has 7 rings (SSSR count). The number of hydrogen-bond donors (Lipinski definition) is 9. The lowest BCUT2D eigenvalue weighted by molar-refractivity contribution is -0.362. The number of carboxylic acid groups (broad SMARTS) is 1. The van der Waals surface area contributed by atoms with Gasteiger partial charge in [0.05, 0.1) is 31.8 Å². The number of aromatic hydroxyl groups is 1. The number of aliphatic carboxylic acids is 1. The van der Waals surface area contributed by atoms with Crippen LogP contribution in [0.3, 0.4) is 0 Å². The highest BCUT2D eigenvalue weighted by molar-refractivity contribution is 5.81. The second-order valence-electron chi connectivity index (χ2n) is 13.1. The van der Waals surface area contributed by atoms with Gasteiger partial charge in [-0.05, 0) is 49.4 Å². The normalized spacial score (nSPS) is 30.9. The third kappa shape index (κ3) is 5.68. The van der Waals surface area contributed by atoms with E-state index in [1.165, 1.54) is 20.2 Å². The average molecular weight is 712 g/mol. The van der Waals surface area contributed by atoms with Crippen LogP contribution >= 0.6 is 0 Å². The van der Waals surface area contributed by atoms with Gasteiger partial charge in [0.2, 0.25) is 17.6 Å². The molecule has 0 aliphatic carbocycles. The molecule has 0 aromatic heterocycles. The summed E-state index contributed by atoms with van der Waals surface area (Å²) in [7, 11) is 3.00. The standard InChI is InChI=1S/C35H41N3O13/c1-16(39)12-37-15-48-23-8-7-20-22-14-47-24-11-19(49-31-30(41)35(45)32(42)34(51-31,33(43)44)25(36-2)13-38-35)10-21(17-5-4-6-18(40)9-17)26(24)27(22)50-28(20)29(23)46-3/h4-11,16,22,25,27,30-32,36-42,45H,12-15H2,1-3H3,(H,43,44)/t16-,22-,25-,27+,30-,31+,32+,34-,35+/m0/s1. The van der Waals surface area contributed by atoms with Gasteiger partial charge in [-0.2, -0.15) is 0 Å². The van der Waals surface area contributed by atoms with Gasteiger partial charge in [-0.1, -0.05) is 18.2 Å². The van der Waals surface area contributed by atoms with Gasteiger partial charge in [0.1, 0.15) is 36.2 Å². The number of phenolic OH excluding ortho intramolecular Hbond substituents is 1. The van der Waals surface area contributed by atoms with Gasteiger partial charge >= 0.3 is 5.97 Å². The van der Waals surface area contributed by atoms with Crippen molar-refractivity contribution in [1.82, 2.24) is 16.0 Å². The summed E-state index contributed by atoms with van der Waals surface area (Å²) in [6.07, 6.45) is -6.90. The number of aliphatic hydroxyl groups is 4. The summed E-state index contributed by atoms with van der Waals surface area (Å²) in [5.74, 6) is -0.130. The van der Waals surface area contributed by atoms with E-state index in [1.54, 1.807) is 43.3 Å². The van der Waals surface area contributed by atoms with Crippen molar-refractivity contribution in [2.75, 3.05) is 40.6 Å². The highest BCUT2D eigenvalue weighted by Gasteiger charge is 2.71. The zero-order valence-corrected chi connectivity index (χ0v) is 28.0. The minimum absolute atomic E-state index is 0.00760. The number of hydrogen-bond acceptors (Lipinski definition) is 15. The fourth-order valence-electron chi connectivity index (χ4n) is 7.42. The maximum Gasteiger partial charge on any atom is 0.340 e. The van der Waals surface area contributed by atoms with Crippen LogP contribution in [0.5, 0.6) is 34.5 Å². The van der Waals surface area contributed by atoms with Crippen LogP contribution in [0.15, 0.2) is 48.5 Å². The van der Waals surface area contributed by atoms with E-state index in [1.807, 2.05) is 6.07 Å². The number of fused-ring (bicyclic) bond motifs is 7. The lowest BCUT2D eigenvalue weighted by Crippen LogP contribution is -2.87. The molecule has 274 valence electrons. The van der Waals surface area contributed by atoms with Crippen molar-refractivity contribution in [1.29, 1.82) is 0 Å². The van der Waals surface area contributed by atoms with E-state index in [9.17, 15) is 35.4 Å². The number of carboxylic acids is 1. The lowest BCUT2D eigenvalue weighted by Gasteiger charge is -2.58. The van der Waals surface area contributed by atoms with Gasteiger partial charge < -0.3 is 64.4 Å². The van der Waals surface area contributed by atoms with E-state index in [0.717, 1.165) is 5.56 Å². The van der Waals surface area contributed by atoms with Gasteiger partial charge in [-0.3, -0.25) is 10.6 Å². The molecule has 0 spiro atoms. The average Bonchev–Trinajstić information content (AvgIpc) is 3.49. The number of carbonyl (C=O) groups is 1. The Morgan fingerprint density at radius 3 is 2.69 bits per heavy atom. The van der Waals surface area contributed by atoms with E-state index in [0.29, 0.717) is 46.2 Å². The van der Waals surface area contributed by atoms with Crippen molar-refractivity contribution in [3.05, 3.63) is 59.7 Å². The molecule has 2 fully saturated rings. The third-order valence-electron chi connectivity index (χ3n) is 9.95. The Morgan fingerprint density at radius 1 is 1.18 bits per heavy atom. The molecule has 0 unspecified atom stereocenters. The predicted octanol–water partition coefficient (Wildman–Crippen LogP) is 0.144. The van der Waals surface area contributed by atoms with E-state index >= 15 is 0 Å². The summed E-state index contributed by atoms with van der Waals surface area (Å²) in [4.78, 5) is 12.6. The molecular formula is C35H41N3O13. The van der Waals surface area contributed by atoms with Gasteiger partial charge in [-0.25, -0.2) is 4.79 Å². The second kappa shape index (κ2) is 13.3. The number of aliphatic hydroxyl groups excluding tert-OH is 3. The number of rotatable bonds is 11. The number of phenols is 1. The van der Waals surface area contributed by atoms with E-state index < -0.39 is 54.0 Å². The smallest absolute Gasteiger partial charge is 0.340 e. The van der Waals surface area contributed by atoms with Crippen LogP contribution in [0, 0.1) is 0 Å². The molecule has 51 heavy (non-hydrogen) atoms. The van der Waals surface area contributed by atoms with Crippen molar-refractivity contribution in [2.45, 2.75) is 60.9 Å². The van der Waals surface area contributed by atoms with E-state index in [2.05, 4.69) is 16.0 Å². The monoisotopic (exact) mass is 711 g/mol. The molecule has 3 aromatic carbocycles. The molecule has 2 bridgehead atoms. The lowest BCUT2D eigenvalue weighted by atomic mass is 9.74. The number of benzene rings is 3. The summed E-state index contributed by atoms with van der Waals surface area (Å²) in [6.45, 7) is 2.18. The molecule has 9 atom stereocenters. The van der Waals surface area contributed by atoms with E-state index in [-0.39, 0.29) is 37.3 Å². The number of likely N-dealkylation sites (N-methyl/N-ethyl adjacent to an activating group) is 1. The minimum atomic E-state index is -2.49. The van der Waals surface area contributed by atoms with Crippen molar-refractivity contribution in [2.24, 2.45) is 0 Å². The minimum Gasteiger partial charge on any atom is -0.508 e. The molecule has 3 aromatic rings. The van der Waals surface area contributed by atoms with Crippen molar-refractivity contribution in [3.8, 4) is 45.6 Å². The van der Waals surface area contributed by atoms with Crippen LogP contribution in [0.4, 0.5) is 0 Å². The second-order valence-corrected chi connectivity index (χ2v) is 13.1. The SMILES string of the molecule is CN[C@H]1CN[C@@]2(O)[C@@H](O)[C@H](Oc3cc4c(c(-c5cccc(O)c5)c3)[C@@H]3Oc5c(ccc(OCNC[C@H](C)O)c5OC)[C@@H]3CO4)O[C@]1(C(=O)O)[C@H]2O. The zero-order chi connectivity index (χ0) is 36.2. The van der Waals surface area contributed by atoms with Gasteiger partial charge in [-0.15, -0.1) is 0 Å². The fourth-order valence-corrected chi connectivity index (χ4v) is 7.42. The number of ether oxygens (including phenoxy) is 6. The Balaban J connectivity index is 1.26. The molecule has 16 heteroatoms. The Labute approximate surface area is 292 Å². The van der Waals surface area contributed by atoms with Crippen LogP contribution in [-0.2, 0) is 9.53 Å². The third-order valence-corrected chi connectivity index (χ3v) is 9.95. The maximum absolute atomic E-state index is 12.6. The quantitative estimate of drug-likeness (QED) is 0.0952. The van der Waals surface area contributed by atoms with Crippen molar-refractivity contribution < 1.29 is 63.9 Å². The van der Waals surface area contributed by atoms with Gasteiger partial charge in [0, 0.05) is 30.3 Å². The highest BCUT2D eigenvalue weighted by Crippen LogP contribution is 2.58. The van der Waals surface area contributed by atoms with Crippen LogP contribution in [-0.4, -0.2) is 119 Å². The van der Waals surface area contributed by atoms with Crippen LogP contribution < -0.4 is 39.6 Å². The van der Waals surface area contributed by atoms with Crippen LogP contribution in [0.2, 0.25) is 0 Å². The van der Waals surface area contributed by atoms with Crippen LogP contribution in [0.1, 0.15) is 30.1 Å². The molecule has 0 amide bonds. The first kappa shape index (κ1) is 35.0. The first-order valence-corrected chi connectivity index (χ1v) is 16.5. The summed E-state index contributed by atoms with van der Waals surface area (Å²) in [5, 5.41) is 72.3. The molecule has 0 radical (unpaired) electrons. The summed E-state index contributed by atoms with van der Waals surface area (Å²) in [5.41, 5.74) is -2.32. The molecule has 16 nitrogen and oxygen atoms in total. The van der Waals surface area contributed by atoms with Crippen LogP contribution in [0.25, 0.3) is 11.1 Å². The predicted molar refractivity (Wildman–Crippen MR) is 177 cm³/mol. The zero-order valence-electron chi connectivity index (χ0n) is 28.0. The first-order chi connectivity index (χ1) is 24.4. The topological polar surface area (TPSA) is 230 Å². The Morgan fingerprint density at radius 2 is 1.98 bits per heavy atom. The molecule has 9 N–H and O–H groups in total. The van der Waals surface area contributed by atoms with E-state index in [4.69, 9.17) is 28.4 Å². The molecular weight excluding hydrogens is 670 g/mol. The van der Waals surface area contributed by atoms with Crippen molar-refractivity contribution >= 4 is 5.97 Å². The van der Waals surface area contributed by atoms with Gasteiger partial charge in [0.25, 0.3) is 0 Å².